The van der Waals surface area contributed by atoms with Crippen molar-refractivity contribution in [2.75, 3.05) is 57.2 Å². The molecule has 1 saturated heterocycles. The molecule has 34 heavy (non-hydrogen) atoms. The fourth-order valence-electron chi connectivity index (χ4n) is 3.89. The van der Waals surface area contributed by atoms with Gasteiger partial charge in [0.1, 0.15) is 12.1 Å². The summed E-state index contributed by atoms with van der Waals surface area (Å²) in [5.41, 5.74) is 1.36. The lowest BCUT2D eigenvalue weighted by Crippen LogP contribution is -2.49. The number of aromatic nitrogens is 4. The molecule has 12 heteroatoms. The fraction of sp³-hybridized carbons (Fsp3) is 0.364. The van der Waals surface area contributed by atoms with Crippen LogP contribution in [0.4, 0.5) is 11.5 Å². The van der Waals surface area contributed by atoms with Gasteiger partial charge in [-0.25, -0.2) is 19.6 Å². The summed E-state index contributed by atoms with van der Waals surface area (Å²) in [7, 11) is 4.32. The molecule has 0 unspecified atom stereocenters. The van der Waals surface area contributed by atoms with Gasteiger partial charge in [0.25, 0.3) is 0 Å². The van der Waals surface area contributed by atoms with E-state index in [-0.39, 0.29) is 23.6 Å². The Morgan fingerprint density at radius 2 is 1.62 bits per heavy atom. The Morgan fingerprint density at radius 1 is 0.971 bits per heavy atom. The summed E-state index contributed by atoms with van der Waals surface area (Å²) in [6, 6.07) is 4.28. The van der Waals surface area contributed by atoms with Crippen LogP contribution in [0.2, 0.25) is 0 Å². The third-order valence-corrected chi connectivity index (χ3v) is 5.61. The molecule has 2 aromatic heterocycles. The molecule has 1 amide bonds. The summed E-state index contributed by atoms with van der Waals surface area (Å²) < 4.78 is 11.2. The molecule has 1 aliphatic rings. The van der Waals surface area contributed by atoms with Crippen molar-refractivity contribution in [2.45, 2.75) is 0 Å². The van der Waals surface area contributed by atoms with Gasteiger partial charge < -0.3 is 19.7 Å². The molecule has 12 nitrogen and oxygen atoms in total. The summed E-state index contributed by atoms with van der Waals surface area (Å²) in [5, 5.41) is 7.90. The minimum atomic E-state index is -0.621. The molecule has 0 radical (unpaired) electrons. The number of nitrogens with one attached hydrogen (secondary N) is 1. The van der Waals surface area contributed by atoms with Crippen LogP contribution < -0.4 is 10.2 Å². The molecule has 1 N–H and O–H groups in total. The second-order valence-electron chi connectivity index (χ2n) is 7.80. The minimum Gasteiger partial charge on any atom is -0.465 e. The van der Waals surface area contributed by atoms with Crippen molar-refractivity contribution >= 4 is 40.4 Å². The first-order chi connectivity index (χ1) is 16.4. The molecule has 178 valence electrons. The van der Waals surface area contributed by atoms with Gasteiger partial charge >= 0.3 is 11.9 Å². The van der Waals surface area contributed by atoms with Crippen molar-refractivity contribution in [3.05, 3.63) is 41.9 Å². The zero-order valence-electron chi connectivity index (χ0n) is 19.1. The third-order valence-electron chi connectivity index (χ3n) is 5.61. The number of ether oxygens (including phenoxy) is 2. The van der Waals surface area contributed by atoms with Crippen LogP contribution in [0, 0.1) is 0 Å². The first kappa shape index (κ1) is 23.1. The van der Waals surface area contributed by atoms with Gasteiger partial charge in [0.2, 0.25) is 5.91 Å². The van der Waals surface area contributed by atoms with Gasteiger partial charge in [-0.05, 0) is 18.2 Å². The van der Waals surface area contributed by atoms with Gasteiger partial charge in [0.05, 0.1) is 43.5 Å². The van der Waals surface area contributed by atoms with E-state index in [1.165, 1.54) is 38.7 Å². The quantitative estimate of drug-likeness (QED) is 0.517. The Labute approximate surface area is 195 Å². The topological polar surface area (TPSA) is 132 Å². The first-order valence-electron chi connectivity index (χ1n) is 10.6. The lowest BCUT2D eigenvalue weighted by molar-refractivity contribution is -0.117. The number of methoxy groups -OCH3 is 2. The Morgan fingerprint density at radius 3 is 2.24 bits per heavy atom. The van der Waals surface area contributed by atoms with Crippen molar-refractivity contribution in [1.82, 2.24) is 24.6 Å². The van der Waals surface area contributed by atoms with E-state index in [9.17, 15) is 14.4 Å². The number of carbonyl (C=O) groups excluding carboxylic acids is 3. The lowest BCUT2D eigenvalue weighted by Gasteiger charge is -2.35. The second kappa shape index (κ2) is 9.83. The SMILES string of the molecule is COC(=O)c1cc(NC(=O)CN2CCN(c3ncnc4c3cnn4C)CC2)cc(C(=O)OC)c1. The second-order valence-corrected chi connectivity index (χ2v) is 7.80. The summed E-state index contributed by atoms with van der Waals surface area (Å²) in [6.45, 7) is 2.87. The number of amides is 1. The van der Waals surface area contributed by atoms with E-state index >= 15 is 0 Å². The molecule has 3 heterocycles. The molecule has 1 aliphatic heterocycles. The molecule has 1 aromatic carbocycles. The zero-order chi connectivity index (χ0) is 24.2. The van der Waals surface area contributed by atoms with Gasteiger partial charge in [-0.3, -0.25) is 14.4 Å². The number of hydrogen-bond acceptors (Lipinski definition) is 10. The minimum absolute atomic E-state index is 0.140. The number of nitrogens with zero attached hydrogens (tertiary/aromatic N) is 6. The summed E-state index contributed by atoms with van der Waals surface area (Å²) >= 11 is 0. The maximum absolute atomic E-state index is 12.7. The summed E-state index contributed by atoms with van der Waals surface area (Å²) in [5.74, 6) is -0.672. The van der Waals surface area contributed by atoms with Gasteiger partial charge in [0.15, 0.2) is 5.65 Å². The van der Waals surface area contributed by atoms with Crippen molar-refractivity contribution in [2.24, 2.45) is 7.05 Å². The smallest absolute Gasteiger partial charge is 0.337 e. The lowest BCUT2D eigenvalue weighted by atomic mass is 10.1. The van der Waals surface area contributed by atoms with Crippen LogP contribution >= 0.6 is 0 Å². The molecular formula is C22H25N7O5. The summed E-state index contributed by atoms with van der Waals surface area (Å²) in [6.07, 6.45) is 3.29. The van der Waals surface area contributed by atoms with Crippen molar-refractivity contribution < 1.29 is 23.9 Å². The number of benzene rings is 1. The van der Waals surface area contributed by atoms with Crippen LogP contribution in [-0.2, 0) is 21.3 Å². The highest BCUT2D eigenvalue weighted by atomic mass is 16.5. The maximum Gasteiger partial charge on any atom is 0.337 e. The largest absolute Gasteiger partial charge is 0.465 e. The van der Waals surface area contributed by atoms with E-state index in [1.807, 2.05) is 11.9 Å². The predicted octanol–water partition coefficient (Wildman–Crippen LogP) is 0.697. The molecule has 0 saturated carbocycles. The highest BCUT2D eigenvalue weighted by Crippen LogP contribution is 2.23. The third kappa shape index (κ3) is 4.81. The summed E-state index contributed by atoms with van der Waals surface area (Å²) in [4.78, 5) is 49.5. The van der Waals surface area contributed by atoms with Crippen LogP contribution in [-0.4, -0.2) is 89.4 Å². The Hall–Kier alpha value is -4.06. The highest BCUT2D eigenvalue weighted by molar-refractivity contribution is 5.99. The van der Waals surface area contributed by atoms with Gasteiger partial charge in [-0.2, -0.15) is 5.10 Å². The van der Waals surface area contributed by atoms with Gasteiger partial charge in [-0.15, -0.1) is 0 Å². The van der Waals surface area contributed by atoms with Crippen LogP contribution in [0.3, 0.4) is 0 Å². The average Bonchev–Trinajstić information content (AvgIpc) is 3.24. The number of esters is 2. The Kier molecular flexibility index (Phi) is 6.68. The number of hydrogen-bond donors (Lipinski definition) is 1. The monoisotopic (exact) mass is 467 g/mol. The molecule has 4 rings (SSSR count). The predicted molar refractivity (Wildman–Crippen MR) is 123 cm³/mol. The van der Waals surface area contributed by atoms with Crippen molar-refractivity contribution in [1.29, 1.82) is 0 Å². The Bertz CT molecular complexity index is 1200. The van der Waals surface area contributed by atoms with Crippen molar-refractivity contribution in [3.63, 3.8) is 0 Å². The fourth-order valence-corrected chi connectivity index (χ4v) is 3.89. The normalized spacial score (nSPS) is 14.1. The van der Waals surface area contributed by atoms with Crippen LogP contribution in [0.5, 0.6) is 0 Å². The number of anilines is 2. The van der Waals surface area contributed by atoms with E-state index in [4.69, 9.17) is 9.47 Å². The van der Waals surface area contributed by atoms with Crippen LogP contribution in [0.15, 0.2) is 30.7 Å². The Balaban J connectivity index is 1.39. The maximum atomic E-state index is 12.7. The van der Waals surface area contributed by atoms with Gasteiger partial charge in [0, 0.05) is 38.9 Å². The molecule has 0 aliphatic carbocycles. The first-order valence-corrected chi connectivity index (χ1v) is 10.6. The molecular weight excluding hydrogens is 442 g/mol. The number of rotatable bonds is 6. The molecule has 0 bridgehead atoms. The average molecular weight is 467 g/mol. The molecule has 3 aromatic rings. The number of aryl methyl sites for hydroxylation is 1. The zero-order valence-corrected chi connectivity index (χ0v) is 19.1. The standard InChI is InChI=1S/C22H25N7O5/c1-27-19-17(11-25-27)20(24-13-23-19)29-6-4-28(5-7-29)12-18(30)26-16-9-14(21(31)33-2)8-15(10-16)22(32)34-3/h8-11,13H,4-7,12H2,1-3H3,(H,26,30). The van der Waals surface area contributed by atoms with Crippen LogP contribution in [0.1, 0.15) is 20.7 Å². The van der Waals surface area contributed by atoms with E-state index < -0.39 is 11.9 Å². The number of piperazine rings is 1. The van der Waals surface area contributed by atoms with E-state index in [0.717, 1.165) is 16.9 Å². The van der Waals surface area contributed by atoms with E-state index in [2.05, 4.69) is 25.3 Å². The van der Waals surface area contributed by atoms with E-state index in [0.29, 0.717) is 31.9 Å². The molecule has 0 spiro atoms. The van der Waals surface area contributed by atoms with Gasteiger partial charge in [-0.1, -0.05) is 0 Å². The molecule has 1 fully saturated rings. The number of fused-ring (bicyclic) bond motifs is 1. The van der Waals surface area contributed by atoms with Crippen molar-refractivity contribution in [3.8, 4) is 0 Å². The highest BCUT2D eigenvalue weighted by Gasteiger charge is 2.23. The van der Waals surface area contributed by atoms with Crippen LogP contribution in [0.25, 0.3) is 11.0 Å². The molecule has 0 atom stereocenters. The number of carbonyl (C=O) groups is 3. The van der Waals surface area contributed by atoms with E-state index in [1.54, 1.807) is 10.9 Å².